The van der Waals surface area contributed by atoms with Crippen LogP contribution in [-0.4, -0.2) is 18.9 Å². The fraction of sp³-hybridized carbons (Fsp3) is 0.111. The van der Waals surface area contributed by atoms with Crippen molar-refractivity contribution in [2.45, 2.75) is 6.42 Å². The summed E-state index contributed by atoms with van der Waals surface area (Å²) in [5.74, 6) is -1.02. The highest BCUT2D eigenvalue weighted by molar-refractivity contribution is 9.10. The van der Waals surface area contributed by atoms with E-state index in [0.29, 0.717) is 16.9 Å². The van der Waals surface area contributed by atoms with Crippen LogP contribution in [-0.2, 0) is 11.2 Å². The normalized spacial score (nSPS) is 10.7. The molecular weight excluding hydrogens is 360 g/mol. The molecule has 0 saturated heterocycles. The molecule has 0 spiro atoms. The van der Waals surface area contributed by atoms with Crippen molar-refractivity contribution in [3.8, 4) is 5.75 Å². The minimum Gasteiger partial charge on any atom is -0.550 e. The van der Waals surface area contributed by atoms with Crippen LogP contribution in [0, 0.1) is 0 Å². The van der Waals surface area contributed by atoms with Gasteiger partial charge in [0.05, 0.1) is 7.11 Å². The zero-order valence-electron chi connectivity index (χ0n) is 12.4. The Labute approximate surface area is 142 Å². The molecule has 2 aromatic rings. The maximum Gasteiger partial charge on any atom is 0.185 e. The third-order valence-electron chi connectivity index (χ3n) is 3.20. The molecule has 2 rings (SSSR count). The lowest BCUT2D eigenvalue weighted by molar-refractivity contribution is -0.304. The number of carboxylic acid groups (broad SMARTS) is 1. The van der Waals surface area contributed by atoms with Gasteiger partial charge < -0.3 is 14.6 Å². The maximum absolute atomic E-state index is 12.2. The average molecular weight is 374 g/mol. The van der Waals surface area contributed by atoms with E-state index in [1.165, 1.54) is 19.3 Å². The maximum atomic E-state index is 12.2. The predicted octanol–water partition coefficient (Wildman–Crippen LogP) is 2.65. The molecule has 0 aliphatic carbocycles. The number of carboxylic acids is 1. The van der Waals surface area contributed by atoms with Gasteiger partial charge in [-0.2, -0.15) is 0 Å². The molecule has 0 radical (unpaired) electrons. The summed E-state index contributed by atoms with van der Waals surface area (Å²) in [6, 6.07) is 12.2. The number of benzene rings is 2. The molecule has 0 fully saturated rings. The Hall–Kier alpha value is -2.40. The van der Waals surface area contributed by atoms with Gasteiger partial charge in [-0.05, 0) is 42.0 Å². The van der Waals surface area contributed by atoms with Crippen molar-refractivity contribution in [2.75, 3.05) is 7.11 Å². The fourth-order valence-electron chi connectivity index (χ4n) is 2.07. The van der Waals surface area contributed by atoms with E-state index >= 15 is 0 Å². The summed E-state index contributed by atoms with van der Waals surface area (Å²) < 4.78 is 6.06. The third kappa shape index (κ3) is 4.79. The number of halogens is 1. The van der Waals surface area contributed by atoms with Gasteiger partial charge in [-0.15, -0.1) is 0 Å². The average Bonchev–Trinajstić information content (AvgIpc) is 2.53. The van der Waals surface area contributed by atoms with Crippen molar-refractivity contribution in [2.24, 2.45) is 0 Å². The predicted molar refractivity (Wildman–Crippen MR) is 89.2 cm³/mol. The molecule has 0 bridgehead atoms. The third-order valence-corrected chi connectivity index (χ3v) is 3.73. The van der Waals surface area contributed by atoms with Crippen molar-refractivity contribution < 1.29 is 19.4 Å². The first-order valence-corrected chi connectivity index (χ1v) is 7.63. The second-order valence-corrected chi connectivity index (χ2v) is 5.74. The minimum absolute atomic E-state index is 0.213. The molecule has 0 heterocycles. The Morgan fingerprint density at radius 1 is 1.17 bits per heavy atom. The zero-order chi connectivity index (χ0) is 16.8. The van der Waals surface area contributed by atoms with E-state index < -0.39 is 5.97 Å². The van der Waals surface area contributed by atoms with E-state index in [4.69, 9.17) is 4.74 Å². The van der Waals surface area contributed by atoms with Crippen LogP contribution in [0.2, 0.25) is 0 Å². The van der Waals surface area contributed by atoms with Crippen LogP contribution in [0.4, 0.5) is 0 Å². The summed E-state index contributed by atoms with van der Waals surface area (Å²) in [5, 5.41) is 10.8. The standard InChI is InChI=1S/C18H15BrO4/c1-23-17-9-5-13(10-14(17)11-18(21)22)16(20)8-4-12-2-6-15(19)7-3-12/h2-10H,11H2,1H3,(H,21,22)/p-1/b8-4+. The summed E-state index contributed by atoms with van der Waals surface area (Å²) >= 11 is 3.35. The van der Waals surface area contributed by atoms with Gasteiger partial charge in [0.2, 0.25) is 0 Å². The van der Waals surface area contributed by atoms with E-state index in [-0.39, 0.29) is 12.2 Å². The van der Waals surface area contributed by atoms with Crippen molar-refractivity contribution in [1.29, 1.82) is 0 Å². The van der Waals surface area contributed by atoms with E-state index in [1.807, 2.05) is 24.3 Å². The van der Waals surface area contributed by atoms with E-state index in [9.17, 15) is 14.7 Å². The van der Waals surface area contributed by atoms with Crippen molar-refractivity contribution >= 4 is 33.8 Å². The fourth-order valence-corrected chi connectivity index (χ4v) is 2.33. The van der Waals surface area contributed by atoms with Crippen LogP contribution >= 0.6 is 15.9 Å². The molecule has 23 heavy (non-hydrogen) atoms. The van der Waals surface area contributed by atoms with Crippen LogP contribution in [0.3, 0.4) is 0 Å². The number of carbonyl (C=O) groups is 2. The van der Waals surface area contributed by atoms with E-state index in [0.717, 1.165) is 10.0 Å². The molecule has 0 unspecified atom stereocenters. The summed E-state index contributed by atoms with van der Waals surface area (Å²) in [6.07, 6.45) is 2.85. The first-order valence-electron chi connectivity index (χ1n) is 6.84. The van der Waals surface area contributed by atoms with Gasteiger partial charge in [0.1, 0.15) is 5.75 Å². The van der Waals surface area contributed by atoms with Gasteiger partial charge in [0, 0.05) is 28.0 Å². The highest BCUT2D eigenvalue weighted by Gasteiger charge is 2.08. The molecule has 5 heteroatoms. The Bertz CT molecular complexity index is 748. The minimum atomic E-state index is -1.22. The van der Waals surface area contributed by atoms with Gasteiger partial charge in [0.25, 0.3) is 0 Å². The summed E-state index contributed by atoms with van der Waals surface area (Å²) in [7, 11) is 1.45. The number of aliphatic carboxylic acids is 1. The highest BCUT2D eigenvalue weighted by Crippen LogP contribution is 2.21. The Morgan fingerprint density at radius 3 is 2.48 bits per heavy atom. The quantitative estimate of drug-likeness (QED) is 0.576. The molecule has 0 amide bonds. The van der Waals surface area contributed by atoms with Gasteiger partial charge >= 0.3 is 0 Å². The summed E-state index contributed by atoms with van der Waals surface area (Å²) in [4.78, 5) is 23.0. The number of carbonyl (C=O) groups excluding carboxylic acids is 2. The Kier molecular flexibility index (Phi) is 5.71. The number of hydrogen-bond donors (Lipinski definition) is 0. The summed E-state index contributed by atoms with van der Waals surface area (Å²) in [5.41, 5.74) is 1.70. The number of ketones is 1. The van der Waals surface area contributed by atoms with Crippen LogP contribution < -0.4 is 9.84 Å². The van der Waals surface area contributed by atoms with Gasteiger partial charge in [-0.1, -0.05) is 34.1 Å². The molecule has 118 valence electrons. The lowest BCUT2D eigenvalue weighted by Crippen LogP contribution is -2.24. The monoisotopic (exact) mass is 373 g/mol. The molecule has 4 nitrogen and oxygen atoms in total. The van der Waals surface area contributed by atoms with Crippen LogP contribution in [0.25, 0.3) is 6.08 Å². The Balaban J connectivity index is 2.21. The van der Waals surface area contributed by atoms with Gasteiger partial charge in [-0.25, -0.2) is 0 Å². The van der Waals surface area contributed by atoms with Gasteiger partial charge in [0.15, 0.2) is 5.78 Å². The number of hydrogen-bond acceptors (Lipinski definition) is 4. The number of ether oxygens (including phenoxy) is 1. The first-order chi connectivity index (χ1) is 11.0. The van der Waals surface area contributed by atoms with E-state index in [1.54, 1.807) is 18.2 Å². The Morgan fingerprint density at radius 2 is 1.87 bits per heavy atom. The molecule has 2 aromatic carbocycles. The molecule has 0 saturated carbocycles. The first kappa shape index (κ1) is 17.0. The molecule has 0 atom stereocenters. The van der Waals surface area contributed by atoms with Crippen molar-refractivity contribution in [3.63, 3.8) is 0 Å². The van der Waals surface area contributed by atoms with Crippen LogP contribution in [0.1, 0.15) is 21.5 Å². The lowest BCUT2D eigenvalue weighted by atomic mass is 10.0. The molecule has 0 N–H and O–H groups in total. The lowest BCUT2D eigenvalue weighted by Gasteiger charge is -2.10. The van der Waals surface area contributed by atoms with Crippen molar-refractivity contribution in [3.05, 3.63) is 69.7 Å². The second kappa shape index (κ2) is 7.74. The number of methoxy groups -OCH3 is 1. The molecule has 0 aromatic heterocycles. The van der Waals surface area contributed by atoms with Crippen molar-refractivity contribution in [1.82, 2.24) is 0 Å². The largest absolute Gasteiger partial charge is 0.550 e. The molecule has 0 aliphatic heterocycles. The summed E-state index contributed by atoms with van der Waals surface area (Å²) in [6.45, 7) is 0. The zero-order valence-corrected chi connectivity index (χ0v) is 14.0. The van der Waals surface area contributed by atoms with Crippen LogP contribution in [0.15, 0.2) is 53.0 Å². The SMILES string of the molecule is COc1ccc(C(=O)/C=C/c2ccc(Br)cc2)cc1CC(=O)[O-]. The van der Waals surface area contributed by atoms with E-state index in [2.05, 4.69) is 15.9 Å². The van der Waals surface area contributed by atoms with Crippen LogP contribution in [0.5, 0.6) is 5.75 Å². The second-order valence-electron chi connectivity index (χ2n) is 4.82. The molecule has 0 aliphatic rings. The highest BCUT2D eigenvalue weighted by atomic mass is 79.9. The number of allylic oxidation sites excluding steroid dienone is 1. The smallest absolute Gasteiger partial charge is 0.185 e. The van der Waals surface area contributed by atoms with Gasteiger partial charge in [-0.3, -0.25) is 4.79 Å². The molecular formula is C18H14BrO4-. The topological polar surface area (TPSA) is 66.4 Å². The number of rotatable bonds is 6.